The minimum absolute atomic E-state index is 0.388. The monoisotopic (exact) mass is 379 g/mol. The molecule has 5 nitrogen and oxygen atoms in total. The van der Waals surface area contributed by atoms with Gasteiger partial charge in [0.25, 0.3) is 0 Å². The van der Waals surface area contributed by atoms with Crippen LogP contribution in [0, 0.1) is 0 Å². The van der Waals surface area contributed by atoms with Gasteiger partial charge in [-0.3, -0.25) is 0 Å². The van der Waals surface area contributed by atoms with Crippen molar-refractivity contribution in [1.29, 1.82) is 0 Å². The van der Waals surface area contributed by atoms with Crippen molar-refractivity contribution in [3.63, 3.8) is 0 Å². The molecule has 0 aromatic carbocycles. The second-order valence-corrected chi connectivity index (χ2v) is 7.80. The van der Waals surface area contributed by atoms with Crippen LogP contribution < -0.4 is 5.32 Å². The lowest BCUT2D eigenvalue weighted by molar-refractivity contribution is 0.717. The van der Waals surface area contributed by atoms with Gasteiger partial charge in [0.15, 0.2) is 5.65 Å². The van der Waals surface area contributed by atoms with E-state index >= 15 is 0 Å². The Hall–Kier alpha value is -2.43. The average molecular weight is 380 g/mol. The van der Waals surface area contributed by atoms with Crippen molar-refractivity contribution < 1.29 is 0 Å². The molecule has 3 aromatic rings. The normalized spacial score (nSPS) is 11.5. The second kappa shape index (κ2) is 8.72. The highest BCUT2D eigenvalue weighted by atomic mass is 15.0. The SMILES string of the molecule is CCCCCc1cn(C)c2nc(-c3ccc(C(C)C)nc3NC)c(CC)nc12. The number of nitrogens with zero attached hydrogens (tertiary/aromatic N) is 4. The van der Waals surface area contributed by atoms with Crippen LogP contribution in [0.4, 0.5) is 5.82 Å². The smallest absolute Gasteiger partial charge is 0.159 e. The summed E-state index contributed by atoms with van der Waals surface area (Å²) in [4.78, 5) is 14.9. The van der Waals surface area contributed by atoms with E-state index in [2.05, 4.69) is 63.0 Å². The summed E-state index contributed by atoms with van der Waals surface area (Å²) in [6, 6.07) is 4.24. The van der Waals surface area contributed by atoms with Crippen molar-refractivity contribution >= 4 is 17.0 Å². The van der Waals surface area contributed by atoms with Crippen LogP contribution >= 0.6 is 0 Å². The molecule has 5 heteroatoms. The van der Waals surface area contributed by atoms with Gasteiger partial charge in [0.1, 0.15) is 11.3 Å². The molecule has 0 amide bonds. The lowest BCUT2D eigenvalue weighted by Crippen LogP contribution is -2.05. The Morgan fingerprint density at radius 1 is 1.07 bits per heavy atom. The van der Waals surface area contributed by atoms with Gasteiger partial charge in [-0.2, -0.15) is 0 Å². The molecular weight excluding hydrogens is 346 g/mol. The van der Waals surface area contributed by atoms with E-state index < -0.39 is 0 Å². The van der Waals surface area contributed by atoms with Crippen molar-refractivity contribution in [3.05, 3.63) is 35.3 Å². The van der Waals surface area contributed by atoms with E-state index in [0.29, 0.717) is 5.92 Å². The molecule has 0 aliphatic heterocycles. The highest BCUT2D eigenvalue weighted by Crippen LogP contribution is 2.31. The fraction of sp³-hybridized carbons (Fsp3) is 0.522. The quantitative estimate of drug-likeness (QED) is 0.526. The third-order valence-electron chi connectivity index (χ3n) is 5.32. The van der Waals surface area contributed by atoms with E-state index in [9.17, 15) is 0 Å². The Morgan fingerprint density at radius 3 is 2.50 bits per heavy atom. The summed E-state index contributed by atoms with van der Waals surface area (Å²) < 4.78 is 2.11. The zero-order chi connectivity index (χ0) is 20.3. The first-order chi connectivity index (χ1) is 13.5. The van der Waals surface area contributed by atoms with Crippen LogP contribution in [0.5, 0.6) is 0 Å². The number of rotatable bonds is 8. The molecular formula is C23H33N5. The molecule has 0 aliphatic carbocycles. The minimum atomic E-state index is 0.388. The molecule has 1 N–H and O–H groups in total. The van der Waals surface area contributed by atoms with E-state index in [-0.39, 0.29) is 0 Å². The number of aryl methyl sites for hydroxylation is 3. The van der Waals surface area contributed by atoms with Gasteiger partial charge in [0.2, 0.25) is 0 Å². The van der Waals surface area contributed by atoms with Gasteiger partial charge in [-0.25, -0.2) is 15.0 Å². The molecule has 0 unspecified atom stereocenters. The molecule has 3 heterocycles. The molecule has 0 radical (unpaired) electrons. The molecule has 3 aromatic heterocycles. The number of aromatic nitrogens is 4. The van der Waals surface area contributed by atoms with E-state index in [0.717, 1.165) is 52.5 Å². The van der Waals surface area contributed by atoms with Gasteiger partial charge in [-0.1, -0.05) is 40.5 Å². The summed E-state index contributed by atoms with van der Waals surface area (Å²) in [5.41, 5.74) is 7.38. The van der Waals surface area contributed by atoms with Gasteiger partial charge >= 0.3 is 0 Å². The van der Waals surface area contributed by atoms with Gasteiger partial charge in [0.05, 0.1) is 11.4 Å². The maximum absolute atomic E-state index is 5.07. The topological polar surface area (TPSA) is 55.6 Å². The van der Waals surface area contributed by atoms with Crippen LogP contribution in [0.15, 0.2) is 18.3 Å². The predicted octanol–water partition coefficient (Wildman–Crippen LogP) is 5.49. The average Bonchev–Trinajstić information content (AvgIpc) is 3.01. The van der Waals surface area contributed by atoms with Crippen molar-refractivity contribution in [2.24, 2.45) is 7.05 Å². The third kappa shape index (κ3) is 3.89. The number of hydrogen-bond acceptors (Lipinski definition) is 4. The summed E-state index contributed by atoms with van der Waals surface area (Å²) in [5, 5.41) is 3.26. The van der Waals surface area contributed by atoms with Gasteiger partial charge in [-0.05, 0) is 42.9 Å². The zero-order valence-electron chi connectivity index (χ0n) is 18.1. The van der Waals surface area contributed by atoms with E-state index in [1.807, 2.05) is 7.05 Å². The Balaban J connectivity index is 2.13. The molecule has 150 valence electrons. The van der Waals surface area contributed by atoms with Crippen LogP contribution in [0.3, 0.4) is 0 Å². The van der Waals surface area contributed by atoms with Crippen LogP contribution in [0.25, 0.3) is 22.4 Å². The number of anilines is 1. The van der Waals surface area contributed by atoms with E-state index in [4.69, 9.17) is 15.0 Å². The third-order valence-corrected chi connectivity index (χ3v) is 5.32. The minimum Gasteiger partial charge on any atom is -0.373 e. The standard InChI is InChI=1S/C23H33N5/c1-7-9-10-11-16-14-28(6)23-20(16)25-18(8-2)21(27-23)17-12-13-19(15(3)4)26-22(17)24-5/h12-15H,7-11H2,1-6H3,(H,24,26). The largest absolute Gasteiger partial charge is 0.373 e. The maximum Gasteiger partial charge on any atom is 0.159 e. The van der Waals surface area contributed by atoms with E-state index in [1.54, 1.807) is 0 Å². The Morgan fingerprint density at radius 2 is 1.86 bits per heavy atom. The maximum atomic E-state index is 5.07. The van der Waals surface area contributed by atoms with Crippen LogP contribution in [0.2, 0.25) is 0 Å². The first-order valence-corrected chi connectivity index (χ1v) is 10.5. The first kappa shape index (κ1) is 20.3. The van der Waals surface area contributed by atoms with Crippen molar-refractivity contribution in [2.45, 2.75) is 65.7 Å². The lowest BCUT2D eigenvalue weighted by Gasteiger charge is -2.14. The summed E-state index contributed by atoms with van der Waals surface area (Å²) in [6.45, 7) is 8.71. The predicted molar refractivity (Wildman–Crippen MR) is 118 cm³/mol. The first-order valence-electron chi connectivity index (χ1n) is 10.5. The zero-order valence-corrected chi connectivity index (χ0v) is 18.1. The molecule has 0 bridgehead atoms. The summed E-state index contributed by atoms with van der Waals surface area (Å²) in [5.74, 6) is 1.26. The number of pyridine rings is 1. The summed E-state index contributed by atoms with van der Waals surface area (Å²) in [7, 11) is 3.98. The van der Waals surface area contributed by atoms with Gasteiger partial charge < -0.3 is 9.88 Å². The van der Waals surface area contributed by atoms with Crippen molar-refractivity contribution in [3.8, 4) is 11.3 Å². The molecule has 0 atom stereocenters. The molecule has 0 saturated heterocycles. The fourth-order valence-electron chi connectivity index (χ4n) is 3.67. The van der Waals surface area contributed by atoms with Crippen molar-refractivity contribution in [2.75, 3.05) is 12.4 Å². The molecule has 28 heavy (non-hydrogen) atoms. The van der Waals surface area contributed by atoms with E-state index in [1.165, 1.54) is 24.8 Å². The highest BCUT2D eigenvalue weighted by molar-refractivity contribution is 5.82. The second-order valence-electron chi connectivity index (χ2n) is 7.80. The number of nitrogens with one attached hydrogen (secondary N) is 1. The number of fused-ring (bicyclic) bond motifs is 1. The number of unbranched alkanes of at least 4 members (excludes halogenated alkanes) is 2. The molecule has 0 spiro atoms. The van der Waals surface area contributed by atoms with Gasteiger partial charge in [0, 0.05) is 31.5 Å². The molecule has 0 fully saturated rings. The molecule has 3 rings (SSSR count). The lowest BCUT2D eigenvalue weighted by atomic mass is 10.0. The van der Waals surface area contributed by atoms with Crippen LogP contribution in [-0.4, -0.2) is 26.6 Å². The Kier molecular flexibility index (Phi) is 6.32. The summed E-state index contributed by atoms with van der Waals surface area (Å²) >= 11 is 0. The van der Waals surface area contributed by atoms with Gasteiger partial charge in [-0.15, -0.1) is 0 Å². The summed E-state index contributed by atoms with van der Waals surface area (Å²) in [6.07, 6.45) is 7.79. The Bertz CT molecular complexity index is 955. The van der Waals surface area contributed by atoms with Crippen LogP contribution in [-0.2, 0) is 19.9 Å². The van der Waals surface area contributed by atoms with Crippen LogP contribution in [0.1, 0.15) is 69.8 Å². The molecule has 0 aliphatic rings. The van der Waals surface area contributed by atoms with Crippen molar-refractivity contribution in [1.82, 2.24) is 19.5 Å². The molecule has 0 saturated carbocycles. The highest BCUT2D eigenvalue weighted by Gasteiger charge is 2.18. The number of hydrogen-bond donors (Lipinski definition) is 1. The Labute approximate surface area is 168 Å². The fourth-order valence-corrected chi connectivity index (χ4v) is 3.67.